The number of rotatable bonds is 2. The van der Waals surface area contributed by atoms with Crippen LogP contribution in [0, 0.1) is 5.41 Å². The summed E-state index contributed by atoms with van der Waals surface area (Å²) in [7, 11) is 1.30. The van der Waals surface area contributed by atoms with Gasteiger partial charge < -0.3 is 14.7 Å². The van der Waals surface area contributed by atoms with Crippen molar-refractivity contribution in [2.24, 2.45) is 10.6 Å². The van der Waals surface area contributed by atoms with E-state index in [0.29, 0.717) is 12.1 Å². The molecule has 0 saturated carbocycles. The van der Waals surface area contributed by atoms with Gasteiger partial charge in [0.2, 0.25) is 6.10 Å². The SMILES string of the molecule is COC(=O)[C@H]1CC([C@@H](O)C(C)(C)C)=NO1. The van der Waals surface area contributed by atoms with E-state index in [0.717, 1.165) is 0 Å². The number of hydrogen-bond acceptors (Lipinski definition) is 5. The molecule has 1 aliphatic heterocycles. The summed E-state index contributed by atoms with van der Waals surface area (Å²) in [5.41, 5.74) is 0.186. The van der Waals surface area contributed by atoms with Crippen LogP contribution in [0.1, 0.15) is 27.2 Å². The van der Waals surface area contributed by atoms with Gasteiger partial charge in [-0.15, -0.1) is 0 Å². The third-order valence-electron chi connectivity index (χ3n) is 2.29. The monoisotopic (exact) mass is 215 g/mol. The maximum Gasteiger partial charge on any atom is 0.350 e. The molecule has 0 aromatic heterocycles. The Morgan fingerprint density at radius 3 is 2.73 bits per heavy atom. The lowest BCUT2D eigenvalue weighted by atomic mass is 9.85. The van der Waals surface area contributed by atoms with Crippen molar-refractivity contribution in [3.05, 3.63) is 0 Å². The Kier molecular flexibility index (Phi) is 3.34. The molecule has 0 aromatic carbocycles. The molecule has 1 rings (SSSR count). The molecule has 86 valence electrons. The van der Waals surface area contributed by atoms with Crippen molar-refractivity contribution in [2.45, 2.75) is 39.4 Å². The molecule has 0 radical (unpaired) electrons. The molecule has 15 heavy (non-hydrogen) atoms. The van der Waals surface area contributed by atoms with Crippen LogP contribution in [0.2, 0.25) is 0 Å². The van der Waals surface area contributed by atoms with E-state index >= 15 is 0 Å². The number of esters is 1. The Hall–Kier alpha value is -1.10. The highest BCUT2D eigenvalue weighted by Gasteiger charge is 2.36. The number of ether oxygens (including phenoxy) is 1. The van der Waals surface area contributed by atoms with Crippen molar-refractivity contribution < 1.29 is 19.5 Å². The molecule has 0 aliphatic carbocycles. The minimum Gasteiger partial charge on any atom is -0.466 e. The van der Waals surface area contributed by atoms with Gasteiger partial charge in [0, 0.05) is 6.42 Å². The second-order valence-electron chi connectivity index (χ2n) is 4.67. The van der Waals surface area contributed by atoms with E-state index in [1.165, 1.54) is 7.11 Å². The first kappa shape index (κ1) is 12.0. The second kappa shape index (κ2) is 4.18. The summed E-state index contributed by atoms with van der Waals surface area (Å²) in [6, 6.07) is 0. The summed E-state index contributed by atoms with van der Waals surface area (Å²) < 4.78 is 4.53. The van der Waals surface area contributed by atoms with Crippen molar-refractivity contribution >= 4 is 11.7 Å². The standard InChI is InChI=1S/C10H17NO4/c1-10(2,3)8(12)6-5-7(15-11-6)9(13)14-4/h7-8,12H,5H2,1-4H3/t7-,8-/m1/s1. The normalized spacial score (nSPS) is 23.0. The molecule has 1 aliphatic rings. The Balaban J connectivity index is 2.60. The van der Waals surface area contributed by atoms with Crippen LogP contribution < -0.4 is 0 Å². The molecule has 1 N–H and O–H groups in total. The first-order chi connectivity index (χ1) is 6.86. The summed E-state index contributed by atoms with van der Waals surface area (Å²) in [6.07, 6.45) is -1.11. The Morgan fingerprint density at radius 2 is 2.27 bits per heavy atom. The predicted molar refractivity (Wildman–Crippen MR) is 54.4 cm³/mol. The highest BCUT2D eigenvalue weighted by Crippen LogP contribution is 2.25. The Labute approximate surface area is 89.1 Å². The van der Waals surface area contributed by atoms with Gasteiger partial charge in [0.05, 0.1) is 12.8 Å². The number of hydrogen-bond donors (Lipinski definition) is 1. The number of methoxy groups -OCH3 is 1. The number of aliphatic hydroxyl groups is 1. The summed E-state index contributed by atoms with van der Waals surface area (Å²) in [4.78, 5) is 16.0. The van der Waals surface area contributed by atoms with E-state index in [1.807, 2.05) is 20.8 Å². The highest BCUT2D eigenvalue weighted by atomic mass is 16.7. The van der Waals surface area contributed by atoms with Crippen LogP contribution in [0.4, 0.5) is 0 Å². The average molecular weight is 215 g/mol. The summed E-state index contributed by atoms with van der Waals surface area (Å²) >= 11 is 0. The van der Waals surface area contributed by atoms with Crippen LogP contribution in [0.5, 0.6) is 0 Å². The van der Waals surface area contributed by atoms with E-state index in [4.69, 9.17) is 4.84 Å². The zero-order chi connectivity index (χ0) is 11.6. The van der Waals surface area contributed by atoms with Crippen LogP contribution in [-0.4, -0.2) is 36.1 Å². The van der Waals surface area contributed by atoms with Gasteiger partial charge in [-0.05, 0) is 5.41 Å². The van der Waals surface area contributed by atoms with Crippen molar-refractivity contribution in [3.8, 4) is 0 Å². The third kappa shape index (κ3) is 2.68. The topological polar surface area (TPSA) is 68.1 Å². The zero-order valence-corrected chi connectivity index (χ0v) is 9.48. The molecule has 0 saturated heterocycles. The van der Waals surface area contributed by atoms with Gasteiger partial charge in [0.1, 0.15) is 6.10 Å². The lowest BCUT2D eigenvalue weighted by Gasteiger charge is -2.24. The molecule has 5 heteroatoms. The van der Waals surface area contributed by atoms with Gasteiger partial charge in [0.25, 0.3) is 0 Å². The van der Waals surface area contributed by atoms with Gasteiger partial charge in [-0.25, -0.2) is 4.79 Å². The van der Waals surface area contributed by atoms with E-state index in [9.17, 15) is 9.90 Å². The highest BCUT2D eigenvalue weighted by molar-refractivity contribution is 5.94. The van der Waals surface area contributed by atoms with Crippen LogP contribution in [0.15, 0.2) is 5.16 Å². The van der Waals surface area contributed by atoms with E-state index in [1.54, 1.807) is 0 Å². The van der Waals surface area contributed by atoms with Gasteiger partial charge in [-0.1, -0.05) is 25.9 Å². The lowest BCUT2D eigenvalue weighted by molar-refractivity contribution is -0.152. The molecule has 1 heterocycles. The van der Waals surface area contributed by atoms with E-state index < -0.39 is 18.2 Å². The van der Waals surface area contributed by atoms with Crippen LogP contribution in [0.3, 0.4) is 0 Å². The molecular weight excluding hydrogens is 198 g/mol. The molecule has 0 bridgehead atoms. The number of nitrogens with zero attached hydrogens (tertiary/aromatic N) is 1. The lowest BCUT2D eigenvalue weighted by Crippen LogP contribution is -2.35. The number of oxime groups is 1. The van der Waals surface area contributed by atoms with E-state index in [-0.39, 0.29) is 5.41 Å². The average Bonchev–Trinajstić information content (AvgIpc) is 2.62. The Bertz CT molecular complexity index is 280. The van der Waals surface area contributed by atoms with E-state index in [2.05, 4.69) is 9.89 Å². The Morgan fingerprint density at radius 1 is 1.67 bits per heavy atom. The smallest absolute Gasteiger partial charge is 0.350 e. The van der Waals surface area contributed by atoms with Gasteiger partial charge in [-0.2, -0.15) is 0 Å². The minimum atomic E-state index is -0.706. The quantitative estimate of drug-likeness (QED) is 0.689. The molecule has 0 aromatic rings. The van der Waals surface area contributed by atoms with Crippen molar-refractivity contribution in [3.63, 3.8) is 0 Å². The molecule has 0 fully saturated rings. The predicted octanol–water partition coefficient (Wildman–Crippen LogP) is 0.711. The first-order valence-electron chi connectivity index (χ1n) is 4.84. The second-order valence-corrected chi connectivity index (χ2v) is 4.67. The van der Waals surface area contributed by atoms with Crippen LogP contribution in [0.25, 0.3) is 0 Å². The fraction of sp³-hybridized carbons (Fsp3) is 0.800. The molecule has 0 spiro atoms. The fourth-order valence-electron chi connectivity index (χ4n) is 1.32. The van der Waals surface area contributed by atoms with Gasteiger partial charge in [-0.3, -0.25) is 0 Å². The van der Waals surface area contributed by atoms with Crippen LogP contribution >= 0.6 is 0 Å². The fourth-order valence-corrected chi connectivity index (χ4v) is 1.32. The van der Waals surface area contributed by atoms with Gasteiger partial charge in [0.15, 0.2) is 0 Å². The number of carbonyl (C=O) groups excluding carboxylic acids is 1. The van der Waals surface area contributed by atoms with Crippen molar-refractivity contribution in [1.29, 1.82) is 0 Å². The summed E-state index contributed by atoms with van der Waals surface area (Å²) in [5, 5.41) is 13.6. The van der Waals surface area contributed by atoms with Crippen LogP contribution in [-0.2, 0) is 14.4 Å². The molecular formula is C10H17NO4. The number of aliphatic hydroxyl groups excluding tert-OH is 1. The van der Waals surface area contributed by atoms with Crippen molar-refractivity contribution in [2.75, 3.05) is 7.11 Å². The number of carbonyl (C=O) groups is 1. The maximum atomic E-state index is 11.1. The largest absolute Gasteiger partial charge is 0.466 e. The first-order valence-corrected chi connectivity index (χ1v) is 4.84. The summed E-state index contributed by atoms with van der Waals surface area (Å²) in [5.74, 6) is -0.463. The zero-order valence-electron chi connectivity index (χ0n) is 9.48. The third-order valence-corrected chi connectivity index (χ3v) is 2.29. The molecule has 0 unspecified atom stereocenters. The molecule has 2 atom stereocenters. The molecule has 5 nitrogen and oxygen atoms in total. The maximum absolute atomic E-state index is 11.1. The minimum absolute atomic E-state index is 0.297. The molecule has 0 amide bonds. The van der Waals surface area contributed by atoms with Crippen molar-refractivity contribution in [1.82, 2.24) is 0 Å². The van der Waals surface area contributed by atoms with Gasteiger partial charge >= 0.3 is 5.97 Å². The summed E-state index contributed by atoms with van der Waals surface area (Å²) in [6.45, 7) is 5.68.